The lowest BCUT2D eigenvalue weighted by Gasteiger charge is -2.24. The van der Waals surface area contributed by atoms with Crippen LogP contribution in [-0.2, 0) is 27.2 Å². The van der Waals surface area contributed by atoms with E-state index in [-0.39, 0.29) is 37.1 Å². The number of primary amides is 1. The highest BCUT2D eigenvalue weighted by Crippen LogP contribution is 2.29. The fraction of sp³-hybridized carbons (Fsp3) is 0.296. The number of hydrogen-bond acceptors (Lipinski definition) is 8. The van der Waals surface area contributed by atoms with Crippen LogP contribution >= 0.6 is 22.6 Å². The number of amides is 4. The van der Waals surface area contributed by atoms with Crippen LogP contribution in [0.1, 0.15) is 34.5 Å². The molecule has 1 aliphatic rings. The molecule has 15 heteroatoms. The lowest BCUT2D eigenvalue weighted by molar-refractivity contribution is -0.384. The number of carbonyl (C=O) groups is 4. The van der Waals surface area contributed by atoms with Crippen molar-refractivity contribution in [2.75, 3.05) is 11.9 Å². The predicted octanol–water partition coefficient (Wildman–Crippen LogP) is 1.17. The molecule has 2 aromatic carbocycles. The third-order valence-corrected chi connectivity index (χ3v) is 7.53. The van der Waals surface area contributed by atoms with Crippen LogP contribution in [0, 0.1) is 13.7 Å². The van der Waals surface area contributed by atoms with E-state index in [2.05, 4.69) is 31.2 Å². The molecule has 0 bridgehead atoms. The molecule has 42 heavy (non-hydrogen) atoms. The summed E-state index contributed by atoms with van der Waals surface area (Å²) in [5, 5.41) is 22.8. The second-order valence-electron chi connectivity index (χ2n) is 9.70. The Morgan fingerprint density at radius 1 is 1.05 bits per heavy atom. The van der Waals surface area contributed by atoms with E-state index in [0.717, 1.165) is 11.6 Å². The molecule has 3 atom stereocenters. The monoisotopic (exact) mass is 688 g/mol. The zero-order valence-corrected chi connectivity index (χ0v) is 24.4. The number of rotatable bonds is 6. The number of halogens is 1. The normalized spacial score (nSPS) is 20.0. The zero-order chi connectivity index (χ0) is 30.2. The number of nitro benzene ring substituents is 1. The molecular weight excluding hydrogens is 659 g/mol. The van der Waals surface area contributed by atoms with Gasteiger partial charge in [0.25, 0.3) is 11.6 Å². The second kappa shape index (κ2) is 13.9. The van der Waals surface area contributed by atoms with Gasteiger partial charge in [-0.05, 0) is 41.0 Å². The second-order valence-corrected chi connectivity index (χ2v) is 10.9. The van der Waals surface area contributed by atoms with Crippen molar-refractivity contribution < 1.29 is 24.1 Å². The number of nitrogens with two attached hydrogens (primary N) is 1. The Kier molecular flexibility index (Phi) is 10.1. The van der Waals surface area contributed by atoms with E-state index in [1.165, 1.54) is 18.6 Å². The van der Waals surface area contributed by atoms with Crippen LogP contribution in [0.25, 0.3) is 0 Å². The summed E-state index contributed by atoms with van der Waals surface area (Å²) in [4.78, 5) is 70.7. The highest BCUT2D eigenvalue weighted by Gasteiger charge is 2.31. The maximum atomic E-state index is 13.7. The van der Waals surface area contributed by atoms with Crippen molar-refractivity contribution in [3.05, 3.63) is 85.5 Å². The SMILES string of the molecule is NC(=O)[C@@H]1CCCNc2c(I)cc([N+](=O)[O-])cc2C(=O)N[C@@H](Cc2ccccc2)C(=O)N[C@@H](Cc2cnc[nH]2)C(=O)N1. The molecule has 1 aliphatic heterocycles. The highest BCUT2D eigenvalue weighted by molar-refractivity contribution is 14.1. The van der Waals surface area contributed by atoms with Crippen molar-refractivity contribution in [1.29, 1.82) is 0 Å². The predicted molar refractivity (Wildman–Crippen MR) is 160 cm³/mol. The molecule has 0 fully saturated rings. The van der Waals surface area contributed by atoms with Crippen LogP contribution in [0.4, 0.5) is 11.4 Å². The van der Waals surface area contributed by atoms with Gasteiger partial charge in [0.05, 0.1) is 22.5 Å². The van der Waals surface area contributed by atoms with Gasteiger partial charge in [-0.1, -0.05) is 30.3 Å². The number of fused-ring (bicyclic) bond motifs is 1. The van der Waals surface area contributed by atoms with Gasteiger partial charge in [-0.2, -0.15) is 0 Å². The van der Waals surface area contributed by atoms with E-state index >= 15 is 0 Å². The number of aromatic nitrogens is 2. The highest BCUT2D eigenvalue weighted by atomic mass is 127. The molecule has 3 aromatic rings. The Bertz CT molecular complexity index is 1470. The topological polar surface area (TPSA) is 214 Å². The molecule has 0 aliphatic carbocycles. The van der Waals surface area contributed by atoms with E-state index in [1.54, 1.807) is 24.3 Å². The smallest absolute Gasteiger partial charge is 0.271 e. The Morgan fingerprint density at radius 3 is 2.43 bits per heavy atom. The summed E-state index contributed by atoms with van der Waals surface area (Å²) in [5.74, 6) is -2.77. The average Bonchev–Trinajstić information content (AvgIpc) is 3.47. The summed E-state index contributed by atoms with van der Waals surface area (Å²) < 4.78 is 0.416. The largest absolute Gasteiger partial charge is 0.384 e. The van der Waals surface area contributed by atoms with Crippen molar-refractivity contribution in [3.63, 3.8) is 0 Å². The molecule has 1 aromatic heterocycles. The zero-order valence-electron chi connectivity index (χ0n) is 22.3. The maximum absolute atomic E-state index is 13.7. The van der Waals surface area contributed by atoms with Gasteiger partial charge in [0, 0.05) is 47.0 Å². The number of H-pyrrole nitrogens is 1. The average molecular weight is 688 g/mol. The third-order valence-electron chi connectivity index (χ3n) is 6.68. The first-order valence-corrected chi connectivity index (χ1v) is 14.1. The third kappa shape index (κ3) is 7.80. The van der Waals surface area contributed by atoms with Crippen LogP contribution in [-0.4, -0.2) is 63.2 Å². The van der Waals surface area contributed by atoms with Crippen molar-refractivity contribution in [2.24, 2.45) is 5.73 Å². The number of benzene rings is 2. The number of non-ortho nitro benzene ring substituents is 1. The minimum Gasteiger partial charge on any atom is -0.384 e. The number of hydrogen-bond donors (Lipinski definition) is 6. The first-order chi connectivity index (χ1) is 20.1. The van der Waals surface area contributed by atoms with Gasteiger partial charge >= 0.3 is 0 Å². The molecule has 0 saturated heterocycles. The summed E-state index contributed by atoms with van der Waals surface area (Å²) in [6.07, 6.45) is 3.54. The minimum atomic E-state index is -1.17. The van der Waals surface area contributed by atoms with Crippen molar-refractivity contribution in [1.82, 2.24) is 25.9 Å². The summed E-state index contributed by atoms with van der Waals surface area (Å²) in [6.45, 7) is 0.260. The lowest BCUT2D eigenvalue weighted by atomic mass is 10.0. The van der Waals surface area contributed by atoms with Crippen LogP contribution in [0.15, 0.2) is 55.0 Å². The van der Waals surface area contributed by atoms with Gasteiger partial charge < -0.3 is 32.0 Å². The number of nitrogens with zero attached hydrogens (tertiary/aromatic N) is 2. The molecule has 4 amide bonds. The van der Waals surface area contributed by atoms with E-state index in [9.17, 15) is 29.3 Å². The Balaban J connectivity index is 1.75. The first-order valence-electron chi connectivity index (χ1n) is 13.1. The number of aromatic amines is 1. The minimum absolute atomic E-state index is 0.0177. The lowest BCUT2D eigenvalue weighted by Crippen LogP contribution is -2.57. The quantitative estimate of drug-likeness (QED) is 0.125. The molecule has 2 heterocycles. The van der Waals surface area contributed by atoms with E-state index in [0.29, 0.717) is 21.4 Å². The Morgan fingerprint density at radius 2 is 1.76 bits per heavy atom. The number of nitrogens with one attached hydrogen (secondary N) is 5. The number of nitro groups is 1. The van der Waals surface area contributed by atoms with Crippen molar-refractivity contribution in [2.45, 2.75) is 43.8 Å². The van der Waals surface area contributed by atoms with Crippen LogP contribution in [0.2, 0.25) is 0 Å². The van der Waals surface area contributed by atoms with E-state index in [4.69, 9.17) is 5.73 Å². The Labute approximate surface area is 253 Å². The fourth-order valence-electron chi connectivity index (χ4n) is 4.53. The van der Waals surface area contributed by atoms with Gasteiger partial charge in [-0.3, -0.25) is 29.3 Å². The molecule has 14 nitrogen and oxygen atoms in total. The molecule has 220 valence electrons. The number of carbonyl (C=O) groups excluding carboxylic acids is 4. The molecule has 0 radical (unpaired) electrons. The maximum Gasteiger partial charge on any atom is 0.271 e. The van der Waals surface area contributed by atoms with Crippen LogP contribution in [0.5, 0.6) is 0 Å². The standard InChI is InChI=1S/C27H29IN8O6/c28-19-12-17(36(41)42)11-18-23(19)31-8-4-7-20(24(29)37)33-27(40)22(10-16-13-30-14-32-16)35-26(39)21(34-25(18)38)9-15-5-2-1-3-6-15/h1-3,5-6,11-14,20-22,31H,4,7-10H2,(H2,29,37)(H,30,32)(H,33,40)(H,34,38)(H,35,39)/t20-,21-,22-/m0/s1. The van der Waals surface area contributed by atoms with Crippen LogP contribution < -0.4 is 27.0 Å². The molecule has 7 N–H and O–H groups in total. The van der Waals surface area contributed by atoms with Gasteiger partial charge in [0.1, 0.15) is 18.1 Å². The molecule has 0 saturated carbocycles. The van der Waals surface area contributed by atoms with Gasteiger partial charge in [-0.15, -0.1) is 0 Å². The molecule has 0 unspecified atom stereocenters. The fourth-order valence-corrected chi connectivity index (χ4v) is 5.33. The van der Waals surface area contributed by atoms with E-state index < -0.39 is 46.7 Å². The van der Waals surface area contributed by atoms with Crippen molar-refractivity contribution in [3.8, 4) is 0 Å². The van der Waals surface area contributed by atoms with Crippen molar-refractivity contribution >= 4 is 57.6 Å². The Hall–Kier alpha value is -4.54. The van der Waals surface area contributed by atoms with E-state index in [1.807, 2.05) is 28.7 Å². The number of imidazole rings is 1. The molecular formula is C27H29IN8O6. The van der Waals surface area contributed by atoms with Gasteiger partial charge in [-0.25, -0.2) is 4.98 Å². The number of anilines is 1. The summed E-state index contributed by atoms with van der Waals surface area (Å²) in [5.41, 5.74) is 6.87. The first kappa shape index (κ1) is 30.4. The van der Waals surface area contributed by atoms with Crippen LogP contribution in [0.3, 0.4) is 0 Å². The van der Waals surface area contributed by atoms with Gasteiger partial charge in [0.2, 0.25) is 17.7 Å². The van der Waals surface area contributed by atoms with Gasteiger partial charge in [0.15, 0.2) is 0 Å². The molecule has 0 spiro atoms. The summed E-state index contributed by atoms with van der Waals surface area (Å²) in [7, 11) is 0. The molecule has 4 rings (SSSR count). The summed E-state index contributed by atoms with van der Waals surface area (Å²) in [6, 6.07) is 8.07. The summed E-state index contributed by atoms with van der Waals surface area (Å²) >= 11 is 1.89.